The van der Waals surface area contributed by atoms with Crippen molar-refractivity contribution >= 4 is 5.91 Å². The highest BCUT2D eigenvalue weighted by atomic mass is 19.1. The summed E-state index contributed by atoms with van der Waals surface area (Å²) in [6, 6.07) is 6.06. The molecule has 118 valence electrons. The highest BCUT2D eigenvalue weighted by molar-refractivity contribution is 5.90. The zero-order valence-corrected chi connectivity index (χ0v) is 12.9. The number of para-hydroxylation sites is 1. The minimum absolute atomic E-state index is 0.00672. The van der Waals surface area contributed by atoms with Gasteiger partial charge in [0, 0.05) is 18.5 Å². The maximum Gasteiger partial charge on any atom is 0.291 e. The Bertz CT molecular complexity index is 668. The third-order valence-electron chi connectivity index (χ3n) is 3.16. The van der Waals surface area contributed by atoms with E-state index >= 15 is 0 Å². The number of nitrogens with one attached hydrogen (secondary N) is 1. The molecule has 7 heteroatoms. The van der Waals surface area contributed by atoms with E-state index in [9.17, 15) is 9.18 Å². The summed E-state index contributed by atoms with van der Waals surface area (Å²) in [7, 11) is 0. The lowest BCUT2D eigenvalue weighted by molar-refractivity contribution is 0.0930. The fourth-order valence-electron chi connectivity index (χ4n) is 1.94. The van der Waals surface area contributed by atoms with Crippen LogP contribution in [0.1, 0.15) is 43.1 Å². The number of rotatable bonds is 5. The largest absolute Gasteiger partial charge is 0.346 e. The molecule has 0 aliphatic rings. The first-order chi connectivity index (χ1) is 10.4. The minimum atomic E-state index is -0.421. The van der Waals surface area contributed by atoms with E-state index in [1.807, 2.05) is 13.8 Å². The lowest BCUT2D eigenvalue weighted by Crippen LogP contribution is -2.38. The summed E-state index contributed by atoms with van der Waals surface area (Å²) in [6.07, 6.45) is 0. The molecule has 0 bridgehead atoms. The van der Waals surface area contributed by atoms with Crippen molar-refractivity contribution in [2.75, 3.05) is 6.54 Å². The Morgan fingerprint density at radius 2 is 2.05 bits per heavy atom. The molecule has 1 amide bonds. The van der Waals surface area contributed by atoms with Crippen LogP contribution in [-0.4, -0.2) is 33.3 Å². The van der Waals surface area contributed by atoms with Crippen LogP contribution >= 0.6 is 0 Å². The third-order valence-corrected chi connectivity index (χ3v) is 3.16. The lowest BCUT2D eigenvalue weighted by Gasteiger charge is -2.08. The van der Waals surface area contributed by atoms with Crippen LogP contribution in [0.5, 0.6) is 0 Å². The molecular weight excluding hydrogens is 285 g/mol. The zero-order chi connectivity index (χ0) is 16.3. The summed E-state index contributed by atoms with van der Waals surface area (Å²) in [5, 5.41) is 6.86. The number of carbonyl (C=O) groups excluding carboxylic acids is 1. The van der Waals surface area contributed by atoms with Crippen molar-refractivity contribution in [1.82, 2.24) is 20.1 Å². The molecule has 0 aliphatic carbocycles. The first kappa shape index (κ1) is 16.1. The smallest absolute Gasteiger partial charge is 0.291 e. The van der Waals surface area contributed by atoms with Gasteiger partial charge in [0.1, 0.15) is 17.3 Å². The molecular formula is C15H20FN5O. The van der Waals surface area contributed by atoms with Crippen molar-refractivity contribution in [2.24, 2.45) is 5.73 Å². The molecule has 22 heavy (non-hydrogen) atoms. The van der Waals surface area contributed by atoms with E-state index < -0.39 is 11.7 Å². The molecule has 0 aliphatic heterocycles. The number of hydrogen-bond donors (Lipinski definition) is 2. The van der Waals surface area contributed by atoms with Gasteiger partial charge >= 0.3 is 0 Å². The fourth-order valence-corrected chi connectivity index (χ4v) is 1.94. The van der Waals surface area contributed by atoms with E-state index in [-0.39, 0.29) is 23.5 Å². The number of aromatic nitrogens is 3. The Balaban J connectivity index is 2.43. The molecule has 0 saturated heterocycles. The molecule has 2 aromatic rings. The predicted octanol–water partition coefficient (Wildman–Crippen LogP) is 1.61. The SMILES string of the molecule is CC(C)c1nc(C(=O)N[C@@H](C)CN)nn1-c1ccccc1F. The van der Waals surface area contributed by atoms with Gasteiger partial charge in [-0.15, -0.1) is 5.10 Å². The van der Waals surface area contributed by atoms with Crippen LogP contribution in [0.15, 0.2) is 24.3 Å². The van der Waals surface area contributed by atoms with Gasteiger partial charge in [-0.05, 0) is 19.1 Å². The zero-order valence-electron chi connectivity index (χ0n) is 12.9. The van der Waals surface area contributed by atoms with Gasteiger partial charge in [-0.2, -0.15) is 0 Å². The van der Waals surface area contributed by atoms with Crippen molar-refractivity contribution in [1.29, 1.82) is 0 Å². The van der Waals surface area contributed by atoms with Gasteiger partial charge in [0.2, 0.25) is 5.82 Å². The van der Waals surface area contributed by atoms with Gasteiger partial charge in [0.25, 0.3) is 5.91 Å². The molecule has 0 fully saturated rings. The van der Waals surface area contributed by atoms with E-state index in [2.05, 4.69) is 15.4 Å². The number of halogens is 1. The van der Waals surface area contributed by atoms with Gasteiger partial charge in [-0.25, -0.2) is 14.1 Å². The van der Waals surface area contributed by atoms with Gasteiger partial charge < -0.3 is 11.1 Å². The average molecular weight is 305 g/mol. The first-order valence-electron chi connectivity index (χ1n) is 7.16. The number of benzene rings is 1. The normalized spacial score (nSPS) is 12.5. The molecule has 0 unspecified atom stereocenters. The third kappa shape index (κ3) is 3.30. The van der Waals surface area contributed by atoms with Gasteiger partial charge in [0.05, 0.1) is 0 Å². The summed E-state index contributed by atoms with van der Waals surface area (Å²) in [6.45, 7) is 5.92. The number of amides is 1. The molecule has 0 saturated carbocycles. The summed E-state index contributed by atoms with van der Waals surface area (Å²) in [4.78, 5) is 16.4. The van der Waals surface area contributed by atoms with Crippen molar-refractivity contribution in [3.05, 3.63) is 41.7 Å². The molecule has 1 heterocycles. The van der Waals surface area contributed by atoms with Crippen LogP contribution in [0, 0.1) is 5.82 Å². The Labute approximate surface area is 128 Å². The summed E-state index contributed by atoms with van der Waals surface area (Å²) in [5.74, 6) is -0.324. The van der Waals surface area contributed by atoms with E-state index in [0.717, 1.165) is 0 Å². The van der Waals surface area contributed by atoms with E-state index in [1.54, 1.807) is 25.1 Å². The number of carbonyl (C=O) groups is 1. The lowest BCUT2D eigenvalue weighted by atomic mass is 10.2. The quantitative estimate of drug-likeness (QED) is 0.878. The monoisotopic (exact) mass is 305 g/mol. The molecule has 3 N–H and O–H groups in total. The van der Waals surface area contributed by atoms with Crippen LogP contribution in [0.25, 0.3) is 5.69 Å². The summed E-state index contributed by atoms with van der Waals surface area (Å²) >= 11 is 0. The number of nitrogens with two attached hydrogens (primary N) is 1. The second-order valence-electron chi connectivity index (χ2n) is 5.42. The van der Waals surface area contributed by atoms with Crippen molar-refractivity contribution in [3.8, 4) is 5.69 Å². The van der Waals surface area contributed by atoms with E-state index in [0.29, 0.717) is 12.4 Å². The molecule has 1 atom stereocenters. The summed E-state index contributed by atoms with van der Waals surface area (Å²) < 4.78 is 15.4. The fraction of sp³-hybridized carbons (Fsp3) is 0.400. The molecule has 6 nitrogen and oxygen atoms in total. The van der Waals surface area contributed by atoms with Crippen LogP contribution in [-0.2, 0) is 0 Å². The molecule has 0 radical (unpaired) electrons. The second-order valence-corrected chi connectivity index (χ2v) is 5.42. The van der Waals surface area contributed by atoms with Crippen molar-refractivity contribution in [2.45, 2.75) is 32.7 Å². The standard InChI is InChI=1S/C15H20FN5O/c1-9(2)14-19-13(15(22)18-10(3)8-17)20-21(14)12-7-5-4-6-11(12)16/h4-7,9-10H,8,17H2,1-3H3,(H,18,22)/t10-/m0/s1. The van der Waals surface area contributed by atoms with Crippen LogP contribution in [0.4, 0.5) is 4.39 Å². The van der Waals surface area contributed by atoms with Crippen molar-refractivity contribution < 1.29 is 9.18 Å². The topological polar surface area (TPSA) is 85.8 Å². The molecule has 2 rings (SSSR count). The number of hydrogen-bond acceptors (Lipinski definition) is 4. The van der Waals surface area contributed by atoms with Gasteiger partial charge in [-0.3, -0.25) is 4.79 Å². The van der Waals surface area contributed by atoms with Crippen molar-refractivity contribution in [3.63, 3.8) is 0 Å². The Hall–Kier alpha value is -2.28. The number of nitrogens with zero attached hydrogens (tertiary/aromatic N) is 3. The Kier molecular flexibility index (Phi) is 4.87. The average Bonchev–Trinajstić information content (AvgIpc) is 2.92. The Morgan fingerprint density at radius 3 is 2.64 bits per heavy atom. The Morgan fingerprint density at radius 1 is 1.36 bits per heavy atom. The highest BCUT2D eigenvalue weighted by Gasteiger charge is 2.21. The first-order valence-corrected chi connectivity index (χ1v) is 7.16. The van der Waals surface area contributed by atoms with Gasteiger partial charge in [-0.1, -0.05) is 26.0 Å². The second kappa shape index (κ2) is 6.65. The highest BCUT2D eigenvalue weighted by Crippen LogP contribution is 2.19. The minimum Gasteiger partial charge on any atom is -0.346 e. The van der Waals surface area contributed by atoms with E-state index in [4.69, 9.17) is 5.73 Å². The molecule has 0 spiro atoms. The molecule has 1 aromatic heterocycles. The van der Waals surface area contributed by atoms with E-state index in [1.165, 1.54) is 10.7 Å². The predicted molar refractivity (Wildman–Crippen MR) is 81.4 cm³/mol. The van der Waals surface area contributed by atoms with Gasteiger partial charge in [0.15, 0.2) is 0 Å². The molecule has 1 aromatic carbocycles. The maximum absolute atomic E-state index is 14.0. The summed E-state index contributed by atoms with van der Waals surface area (Å²) in [5.41, 5.74) is 5.75. The van der Waals surface area contributed by atoms with Crippen LogP contribution < -0.4 is 11.1 Å². The maximum atomic E-state index is 14.0. The van der Waals surface area contributed by atoms with Crippen LogP contribution in [0.2, 0.25) is 0 Å². The van der Waals surface area contributed by atoms with Crippen LogP contribution in [0.3, 0.4) is 0 Å².